The molecular formula is C14H29NO. The molecule has 1 saturated heterocycles. The normalized spacial score (nSPS) is 29.2. The van der Waals surface area contributed by atoms with Gasteiger partial charge in [0.25, 0.3) is 0 Å². The van der Waals surface area contributed by atoms with Crippen LogP contribution >= 0.6 is 0 Å². The Balaban J connectivity index is 2.28. The molecule has 0 aromatic heterocycles. The Hall–Kier alpha value is -0.0800. The van der Waals surface area contributed by atoms with E-state index in [0.29, 0.717) is 18.2 Å². The van der Waals surface area contributed by atoms with Crippen LogP contribution < -0.4 is 5.32 Å². The lowest BCUT2D eigenvalue weighted by Crippen LogP contribution is -2.36. The van der Waals surface area contributed by atoms with Gasteiger partial charge >= 0.3 is 0 Å². The molecule has 0 amide bonds. The molecule has 0 aromatic rings. The van der Waals surface area contributed by atoms with Crippen LogP contribution in [0.4, 0.5) is 0 Å². The summed E-state index contributed by atoms with van der Waals surface area (Å²) in [5.74, 6) is 0.729. The molecule has 0 spiro atoms. The molecule has 1 aliphatic rings. The molecule has 1 heterocycles. The quantitative estimate of drug-likeness (QED) is 0.720. The molecule has 16 heavy (non-hydrogen) atoms. The van der Waals surface area contributed by atoms with Gasteiger partial charge in [-0.15, -0.1) is 0 Å². The SMILES string of the molecule is CCCNC(CC)C(C)CC1CCC(C)O1. The Morgan fingerprint density at radius 2 is 2.06 bits per heavy atom. The van der Waals surface area contributed by atoms with Gasteiger partial charge in [0.2, 0.25) is 0 Å². The van der Waals surface area contributed by atoms with Crippen molar-refractivity contribution in [2.75, 3.05) is 6.54 Å². The van der Waals surface area contributed by atoms with Gasteiger partial charge in [-0.2, -0.15) is 0 Å². The molecule has 96 valence electrons. The van der Waals surface area contributed by atoms with Crippen LogP contribution in [0.1, 0.15) is 59.8 Å². The Kier molecular flexibility index (Phi) is 6.37. The molecule has 4 atom stereocenters. The zero-order chi connectivity index (χ0) is 12.0. The number of hydrogen-bond donors (Lipinski definition) is 1. The van der Waals surface area contributed by atoms with Crippen molar-refractivity contribution in [3.05, 3.63) is 0 Å². The van der Waals surface area contributed by atoms with Gasteiger partial charge in [-0.1, -0.05) is 20.8 Å². The second-order valence-corrected chi connectivity index (χ2v) is 5.33. The van der Waals surface area contributed by atoms with Crippen LogP contribution in [0.2, 0.25) is 0 Å². The first-order valence-corrected chi connectivity index (χ1v) is 7.06. The number of hydrogen-bond acceptors (Lipinski definition) is 2. The first-order valence-electron chi connectivity index (χ1n) is 7.06. The van der Waals surface area contributed by atoms with E-state index in [1.54, 1.807) is 0 Å². The van der Waals surface area contributed by atoms with E-state index in [-0.39, 0.29) is 0 Å². The van der Waals surface area contributed by atoms with Crippen molar-refractivity contribution >= 4 is 0 Å². The van der Waals surface area contributed by atoms with Gasteiger partial charge in [0.05, 0.1) is 12.2 Å². The number of rotatable bonds is 7. The Labute approximate surface area is 101 Å². The third-order valence-electron chi connectivity index (χ3n) is 3.74. The van der Waals surface area contributed by atoms with E-state index in [4.69, 9.17) is 4.74 Å². The van der Waals surface area contributed by atoms with Crippen LogP contribution in [0.3, 0.4) is 0 Å². The Morgan fingerprint density at radius 3 is 2.56 bits per heavy atom. The zero-order valence-corrected chi connectivity index (χ0v) is 11.5. The van der Waals surface area contributed by atoms with E-state index in [1.807, 2.05) is 0 Å². The molecule has 1 rings (SSSR count). The summed E-state index contributed by atoms with van der Waals surface area (Å²) in [6, 6.07) is 0.666. The highest BCUT2D eigenvalue weighted by atomic mass is 16.5. The topological polar surface area (TPSA) is 21.3 Å². The smallest absolute Gasteiger partial charge is 0.0582 e. The molecule has 0 aliphatic carbocycles. The number of ether oxygens (including phenoxy) is 1. The van der Waals surface area contributed by atoms with Crippen molar-refractivity contribution < 1.29 is 4.74 Å². The Morgan fingerprint density at radius 1 is 1.31 bits per heavy atom. The zero-order valence-electron chi connectivity index (χ0n) is 11.5. The summed E-state index contributed by atoms with van der Waals surface area (Å²) in [6.07, 6.45) is 7.18. The highest BCUT2D eigenvalue weighted by Crippen LogP contribution is 2.26. The van der Waals surface area contributed by atoms with Gasteiger partial charge in [0.15, 0.2) is 0 Å². The van der Waals surface area contributed by atoms with Crippen LogP contribution in [-0.2, 0) is 4.74 Å². The van der Waals surface area contributed by atoms with Crippen LogP contribution in [0, 0.1) is 5.92 Å². The lowest BCUT2D eigenvalue weighted by atomic mass is 9.92. The molecule has 2 nitrogen and oxygen atoms in total. The maximum Gasteiger partial charge on any atom is 0.0582 e. The first kappa shape index (κ1) is 14.0. The summed E-state index contributed by atoms with van der Waals surface area (Å²) >= 11 is 0. The minimum absolute atomic E-state index is 0.487. The van der Waals surface area contributed by atoms with Crippen molar-refractivity contribution in [2.45, 2.75) is 78.0 Å². The average Bonchev–Trinajstić information content (AvgIpc) is 2.65. The van der Waals surface area contributed by atoms with E-state index >= 15 is 0 Å². The van der Waals surface area contributed by atoms with Gasteiger partial charge < -0.3 is 10.1 Å². The fourth-order valence-electron chi connectivity index (χ4n) is 2.72. The van der Waals surface area contributed by atoms with E-state index in [9.17, 15) is 0 Å². The van der Waals surface area contributed by atoms with Crippen molar-refractivity contribution in [3.8, 4) is 0 Å². The van der Waals surface area contributed by atoms with Crippen LogP contribution in [0.5, 0.6) is 0 Å². The molecule has 0 bridgehead atoms. The highest BCUT2D eigenvalue weighted by Gasteiger charge is 2.25. The van der Waals surface area contributed by atoms with E-state index in [0.717, 1.165) is 12.5 Å². The van der Waals surface area contributed by atoms with Crippen molar-refractivity contribution in [1.82, 2.24) is 5.32 Å². The molecule has 1 N–H and O–H groups in total. The second-order valence-electron chi connectivity index (χ2n) is 5.33. The van der Waals surface area contributed by atoms with Crippen molar-refractivity contribution in [2.24, 2.45) is 5.92 Å². The van der Waals surface area contributed by atoms with Gasteiger partial charge in [-0.25, -0.2) is 0 Å². The largest absolute Gasteiger partial charge is 0.375 e. The van der Waals surface area contributed by atoms with Gasteiger partial charge in [0.1, 0.15) is 0 Å². The van der Waals surface area contributed by atoms with E-state index < -0.39 is 0 Å². The van der Waals surface area contributed by atoms with Gasteiger partial charge in [0, 0.05) is 6.04 Å². The summed E-state index contributed by atoms with van der Waals surface area (Å²) in [7, 11) is 0. The maximum absolute atomic E-state index is 5.90. The molecule has 1 fully saturated rings. The van der Waals surface area contributed by atoms with E-state index in [1.165, 1.54) is 32.1 Å². The molecule has 0 aromatic carbocycles. The highest BCUT2D eigenvalue weighted by molar-refractivity contribution is 4.78. The third kappa shape index (κ3) is 4.42. The predicted molar refractivity (Wildman–Crippen MR) is 69.7 cm³/mol. The number of nitrogens with one attached hydrogen (secondary N) is 1. The fourth-order valence-corrected chi connectivity index (χ4v) is 2.72. The summed E-state index contributed by atoms with van der Waals surface area (Å²) in [4.78, 5) is 0. The summed E-state index contributed by atoms with van der Waals surface area (Å²) in [5, 5.41) is 3.65. The molecular weight excluding hydrogens is 198 g/mol. The van der Waals surface area contributed by atoms with Crippen molar-refractivity contribution in [3.63, 3.8) is 0 Å². The van der Waals surface area contributed by atoms with E-state index in [2.05, 4.69) is 33.0 Å². The molecule has 4 unspecified atom stereocenters. The summed E-state index contributed by atoms with van der Waals surface area (Å²) < 4.78 is 5.90. The monoisotopic (exact) mass is 227 g/mol. The lowest BCUT2D eigenvalue weighted by Gasteiger charge is -2.26. The van der Waals surface area contributed by atoms with Crippen molar-refractivity contribution in [1.29, 1.82) is 0 Å². The minimum atomic E-state index is 0.487. The average molecular weight is 227 g/mol. The molecule has 2 heteroatoms. The molecule has 0 saturated carbocycles. The second kappa shape index (κ2) is 7.29. The standard InChI is InChI=1S/C14H29NO/c1-5-9-15-14(6-2)11(3)10-13-8-7-12(4)16-13/h11-15H,5-10H2,1-4H3. The predicted octanol–water partition coefficient (Wildman–Crippen LogP) is 3.36. The van der Waals surface area contributed by atoms with Gasteiger partial charge in [-0.05, 0) is 51.5 Å². The summed E-state index contributed by atoms with van der Waals surface area (Å²) in [5.41, 5.74) is 0. The molecule has 1 aliphatic heterocycles. The molecule has 0 radical (unpaired) electrons. The van der Waals surface area contributed by atoms with Crippen LogP contribution in [0.25, 0.3) is 0 Å². The van der Waals surface area contributed by atoms with Gasteiger partial charge in [-0.3, -0.25) is 0 Å². The minimum Gasteiger partial charge on any atom is -0.375 e. The third-order valence-corrected chi connectivity index (χ3v) is 3.74. The lowest BCUT2D eigenvalue weighted by molar-refractivity contribution is 0.0385. The Bertz CT molecular complexity index is 184. The maximum atomic E-state index is 5.90. The first-order chi connectivity index (χ1) is 7.67. The summed E-state index contributed by atoms with van der Waals surface area (Å²) in [6.45, 7) is 10.2. The fraction of sp³-hybridized carbons (Fsp3) is 1.00. The van der Waals surface area contributed by atoms with Crippen LogP contribution in [-0.4, -0.2) is 24.8 Å². The van der Waals surface area contributed by atoms with Crippen LogP contribution in [0.15, 0.2) is 0 Å².